The molecule has 4 radical (unpaired) electrons. The fourth-order valence-corrected chi connectivity index (χ4v) is 17.8. The number of fused-ring (bicyclic) bond motifs is 24. The summed E-state index contributed by atoms with van der Waals surface area (Å²) in [5.74, 6) is -3.93. The van der Waals surface area contributed by atoms with Gasteiger partial charge < -0.3 is 17.6 Å². The van der Waals surface area contributed by atoms with Gasteiger partial charge in [-0.3, -0.25) is 19.9 Å². The minimum Gasteiger partial charge on any atom is -0.333 e. The second-order valence-corrected chi connectivity index (χ2v) is 33.4. The Bertz CT molecular complexity index is 8170. The van der Waals surface area contributed by atoms with Gasteiger partial charge in [0, 0.05) is 178 Å². The molecule has 0 spiro atoms. The molecular formula is C114H114Ir4N8-4. The van der Waals surface area contributed by atoms with E-state index in [0.29, 0.717) is 79.7 Å². The van der Waals surface area contributed by atoms with E-state index >= 15 is 0 Å². The van der Waals surface area contributed by atoms with Crippen LogP contribution in [0.3, 0.4) is 0 Å². The maximum absolute atomic E-state index is 9.03. The van der Waals surface area contributed by atoms with Crippen molar-refractivity contribution in [2.24, 2.45) is 35.5 Å². The fourth-order valence-electron chi connectivity index (χ4n) is 17.8. The van der Waals surface area contributed by atoms with E-state index in [1.54, 1.807) is 81.0 Å². The van der Waals surface area contributed by atoms with Gasteiger partial charge in [-0.25, -0.2) is 0 Å². The Morgan fingerprint density at radius 1 is 0.270 bits per heavy atom. The number of pyridine rings is 4. The summed E-state index contributed by atoms with van der Waals surface area (Å²) < 4.78 is 177. The van der Waals surface area contributed by atoms with Crippen LogP contribution < -0.4 is 0 Å². The van der Waals surface area contributed by atoms with Crippen molar-refractivity contribution in [3.63, 3.8) is 0 Å². The number of nitrogens with zero attached hydrogens (tertiary/aromatic N) is 8. The largest absolute Gasteiger partial charge is 0.333 e. The fraction of sp³-hybridized carbons (Fsp3) is 0.263. The van der Waals surface area contributed by atoms with Crippen LogP contribution in [-0.2, 0) is 119 Å². The maximum atomic E-state index is 9.03. The molecule has 0 saturated carbocycles. The average Bonchev–Trinajstić information content (AvgIpc) is 1.62. The summed E-state index contributed by atoms with van der Waals surface area (Å²) in [7, 11) is 0. The van der Waals surface area contributed by atoms with Crippen LogP contribution in [0, 0.1) is 59.8 Å². The Balaban J connectivity index is 0.000000172. The van der Waals surface area contributed by atoms with Gasteiger partial charge in [-0.15, -0.1) is 119 Å². The van der Waals surface area contributed by atoms with E-state index in [1.807, 2.05) is 201 Å². The number of imidazole rings is 4. The Morgan fingerprint density at radius 3 is 0.825 bits per heavy atom. The van der Waals surface area contributed by atoms with Crippen molar-refractivity contribution in [1.29, 1.82) is 0 Å². The molecule has 0 aliphatic rings. The molecule has 20 rings (SSSR count). The molecule has 2 atom stereocenters. The molecule has 12 aromatic carbocycles. The zero-order valence-corrected chi connectivity index (χ0v) is 81.9. The second kappa shape index (κ2) is 40.6. The molecule has 0 aliphatic heterocycles. The van der Waals surface area contributed by atoms with Gasteiger partial charge in [-0.05, 0) is 176 Å². The molecule has 0 bridgehead atoms. The van der Waals surface area contributed by atoms with Gasteiger partial charge in [-0.2, -0.15) is 0 Å². The van der Waals surface area contributed by atoms with Gasteiger partial charge in [0.2, 0.25) is 0 Å². The molecule has 0 N–H and O–H groups in total. The molecule has 0 saturated heterocycles. The number of para-hydroxylation sites is 4. The number of aromatic nitrogens is 8. The first-order chi connectivity index (χ1) is 67.1. The van der Waals surface area contributed by atoms with E-state index in [9.17, 15) is 0 Å². The van der Waals surface area contributed by atoms with E-state index < -0.39 is 76.6 Å². The van der Waals surface area contributed by atoms with Gasteiger partial charge in [0.25, 0.3) is 0 Å². The Labute approximate surface area is 827 Å². The smallest absolute Gasteiger partial charge is 0.0639 e. The SMILES string of the molecule is [2HH].[2H]C([2H])([2H])C(C)C([2H])([2H])c1cccc(C([2H])([2H])C(C)C)c1-c1cnc2c3[c-]cccc3c3ccccc3n12.[2H]C([2H])([2H])C(C)Cc1cccc(CC(C)C)c1-c1cnc2c3[c-]cccc3c3ccccc3n12.[2H]C([2H])([2H])C(c1cccc(C(C)C)c1-c1cnc2c3[c-]cccc3c3ccccc3n12)C([2H])([2H])[2H].[2H]C([2H])(c1cccc(C([2H])([2H])C(C)C)c1-c1cnc2c3[c-]cccc3c3ccccc3n12)C(C)C.[Ir].[Ir].[Ir].[Ir]. The standard InChI is InChI=1S/3C29H29N2.C27H25N2.4Ir.H2/c3*1-19(2)16-21-10-9-11-22(17-20(3)4)28(21)27-18-30-29-25-14-6-5-12-23(25)24-13-7-8-15-26(24)31(27)29;1-17(2)19-13-9-14-20(18(3)4)26(19)25-16-28-27-23-12-6-5-10-21(23)22-11-7-8-15-24(22)29(25)27;;;;;/h3*5-13,15,18-20H,16-17H2,1-4H3;5-11,13-18H,1-4H3;;;;;1H/q4*-1;;;;;/i1D3,16D2,17D2;16D2,17D2;1D3;1D3,2D3;;;;;1+1. The summed E-state index contributed by atoms with van der Waals surface area (Å²) in [6.45, 7) is 12.7. The molecular weight excluding hydrogens is 2250 g/mol. The molecule has 0 fully saturated rings. The topological polar surface area (TPSA) is 69.2 Å². The van der Waals surface area contributed by atoms with Gasteiger partial charge in [0.05, 0.1) is 45.4 Å². The molecule has 8 nitrogen and oxygen atoms in total. The molecule has 8 aromatic heterocycles. The molecule has 2 unspecified atom stereocenters. The minimum absolute atomic E-state index is 0. The van der Waals surface area contributed by atoms with Crippen LogP contribution in [0.2, 0.25) is 0 Å². The van der Waals surface area contributed by atoms with E-state index in [4.69, 9.17) is 47.4 Å². The van der Waals surface area contributed by atoms with E-state index in [1.165, 1.54) is 12.5 Å². The maximum Gasteiger partial charge on any atom is 0.0639 e. The zero-order valence-electron chi connectivity index (χ0n) is 92.3. The third-order valence-electron chi connectivity index (χ3n) is 22.4. The van der Waals surface area contributed by atoms with E-state index in [-0.39, 0.29) is 105 Å². The van der Waals surface area contributed by atoms with Crippen molar-refractivity contribution in [3.8, 4) is 45.0 Å². The van der Waals surface area contributed by atoms with Crippen molar-refractivity contribution in [1.82, 2.24) is 37.5 Å². The monoisotopic (exact) mass is 2390 g/mol. The predicted octanol–water partition coefficient (Wildman–Crippen LogP) is 30.1. The number of rotatable bonds is 18. The number of benzene rings is 12. The summed E-state index contributed by atoms with van der Waals surface area (Å²) in [5.41, 5.74) is 17.1. The van der Waals surface area contributed by atoms with Crippen molar-refractivity contribution >= 4 is 109 Å². The molecule has 20 aromatic rings. The van der Waals surface area contributed by atoms with Crippen LogP contribution in [0.25, 0.3) is 154 Å². The summed E-state index contributed by atoms with van der Waals surface area (Å²) >= 11 is 0. The Hall–Kier alpha value is -9.92. The van der Waals surface area contributed by atoms with Gasteiger partial charge in [0.1, 0.15) is 0 Å². The van der Waals surface area contributed by atoms with Crippen molar-refractivity contribution in [2.45, 2.75) is 161 Å². The molecule has 12 heteroatoms. The Morgan fingerprint density at radius 2 is 0.532 bits per heavy atom. The van der Waals surface area contributed by atoms with Crippen LogP contribution in [-0.4, -0.2) is 37.5 Å². The first kappa shape index (κ1) is 70.1. The van der Waals surface area contributed by atoms with Crippen LogP contribution in [0.1, 0.15) is 196 Å². The third-order valence-corrected chi connectivity index (χ3v) is 22.4. The molecule has 0 aliphatic carbocycles. The average molecular weight is 2390 g/mol. The predicted molar refractivity (Wildman–Crippen MR) is 519 cm³/mol. The minimum atomic E-state index is -2.71. The van der Waals surface area contributed by atoms with E-state index in [2.05, 4.69) is 103 Å². The van der Waals surface area contributed by atoms with Gasteiger partial charge >= 0.3 is 0 Å². The Kier molecular flexibility index (Phi) is 22.6. The van der Waals surface area contributed by atoms with Crippen LogP contribution in [0.5, 0.6) is 0 Å². The molecule has 8 heterocycles. The first-order valence-corrected chi connectivity index (χ1v) is 42.4. The molecule has 650 valence electrons. The summed E-state index contributed by atoms with van der Waals surface area (Å²) in [4.78, 5) is 19.2. The summed E-state index contributed by atoms with van der Waals surface area (Å²) in [6.07, 6.45) is 1.03. The summed E-state index contributed by atoms with van der Waals surface area (Å²) in [6, 6.07) is 91.1. The number of hydrogen-bond acceptors (Lipinski definition) is 4. The van der Waals surface area contributed by atoms with Crippen LogP contribution in [0.15, 0.2) is 267 Å². The quantitative estimate of drug-likeness (QED) is 0.0634. The van der Waals surface area contributed by atoms with Crippen LogP contribution in [0.4, 0.5) is 0 Å². The second-order valence-electron chi connectivity index (χ2n) is 33.4. The third kappa shape index (κ3) is 18.3. The molecule has 126 heavy (non-hydrogen) atoms. The number of hydrogen-bond donors (Lipinski definition) is 0. The van der Waals surface area contributed by atoms with E-state index in [0.717, 1.165) is 127 Å². The van der Waals surface area contributed by atoms with Gasteiger partial charge in [-0.1, -0.05) is 278 Å². The normalized spacial score (nSPS) is 15.3. The first-order valence-electron chi connectivity index (χ1n) is 52.4. The van der Waals surface area contributed by atoms with Crippen molar-refractivity contribution < 1.29 is 109 Å². The summed E-state index contributed by atoms with van der Waals surface area (Å²) in [5, 5.41) is 11.9. The van der Waals surface area contributed by atoms with Crippen LogP contribution >= 0.6 is 0 Å². The van der Waals surface area contributed by atoms with Crippen molar-refractivity contribution in [3.05, 3.63) is 336 Å². The van der Waals surface area contributed by atoms with Crippen molar-refractivity contribution in [2.75, 3.05) is 0 Å². The zero-order chi connectivity index (χ0) is 102. The van der Waals surface area contributed by atoms with Gasteiger partial charge in [0.15, 0.2) is 0 Å². The molecule has 0 amide bonds.